The Morgan fingerprint density at radius 1 is 1.40 bits per heavy atom. The van der Waals surface area contributed by atoms with Crippen LogP contribution in [0.3, 0.4) is 0 Å². The second-order valence-corrected chi connectivity index (χ2v) is 8.09. The largest absolute Gasteiger partial charge is 0.444 e. The molecule has 1 amide bonds. The molecule has 0 bridgehead atoms. The van der Waals surface area contributed by atoms with E-state index in [1.165, 1.54) is 0 Å². The zero-order chi connectivity index (χ0) is 18.1. The molecule has 1 aliphatic carbocycles. The van der Waals surface area contributed by atoms with Crippen LogP contribution in [0.5, 0.6) is 0 Å². The summed E-state index contributed by atoms with van der Waals surface area (Å²) in [5.74, 6) is 0.891. The third kappa shape index (κ3) is 4.19. The molecule has 1 N–H and O–H groups in total. The number of ether oxygens (including phenoxy) is 1. The number of nitrogens with zero attached hydrogens (tertiary/aromatic N) is 4. The zero-order valence-electron chi connectivity index (χ0n) is 15.1. The molecule has 0 aromatic carbocycles. The van der Waals surface area contributed by atoms with Gasteiger partial charge in [0.1, 0.15) is 17.5 Å². The number of hydrogen-bond acceptors (Lipinski definition) is 6. The number of likely N-dealkylation sites (tertiary alicyclic amines) is 1. The number of anilines is 1. The molecule has 1 saturated heterocycles. The van der Waals surface area contributed by atoms with E-state index >= 15 is 0 Å². The minimum atomic E-state index is -0.447. The van der Waals surface area contributed by atoms with E-state index in [0.717, 1.165) is 38.8 Å². The fraction of sp³-hybridized carbons (Fsp3) is 0.667. The third-order valence-electron chi connectivity index (χ3n) is 4.94. The van der Waals surface area contributed by atoms with E-state index in [9.17, 15) is 4.79 Å². The third-order valence-corrected chi connectivity index (χ3v) is 4.94. The Balaban J connectivity index is 1.47. The van der Waals surface area contributed by atoms with Crippen molar-refractivity contribution in [2.24, 2.45) is 5.41 Å². The lowest BCUT2D eigenvalue weighted by molar-refractivity contribution is -0.00862. The van der Waals surface area contributed by atoms with Crippen LogP contribution in [0.15, 0.2) is 12.3 Å². The van der Waals surface area contributed by atoms with Crippen LogP contribution in [0.2, 0.25) is 0 Å². The van der Waals surface area contributed by atoms with Gasteiger partial charge in [0.15, 0.2) is 0 Å². The van der Waals surface area contributed by atoms with Crippen molar-refractivity contribution in [3.05, 3.63) is 18.1 Å². The highest BCUT2D eigenvalue weighted by atomic mass is 16.6. The van der Waals surface area contributed by atoms with Crippen molar-refractivity contribution >= 4 is 11.9 Å². The van der Waals surface area contributed by atoms with Gasteiger partial charge in [-0.1, -0.05) is 0 Å². The summed E-state index contributed by atoms with van der Waals surface area (Å²) < 4.78 is 5.45. The maximum Gasteiger partial charge on any atom is 0.410 e. The van der Waals surface area contributed by atoms with Crippen molar-refractivity contribution in [3.8, 4) is 6.07 Å². The van der Waals surface area contributed by atoms with Crippen LogP contribution in [-0.2, 0) is 4.74 Å². The van der Waals surface area contributed by atoms with Crippen LogP contribution in [0, 0.1) is 16.7 Å². The molecular formula is C18H25N5O2. The summed E-state index contributed by atoms with van der Waals surface area (Å²) in [5.41, 5.74) is -0.126. The first-order chi connectivity index (χ1) is 11.8. The molecule has 25 heavy (non-hydrogen) atoms. The topological polar surface area (TPSA) is 91.1 Å². The first-order valence-corrected chi connectivity index (χ1v) is 8.76. The van der Waals surface area contributed by atoms with Gasteiger partial charge in [-0.2, -0.15) is 5.26 Å². The number of nitrogens with one attached hydrogen (secondary N) is 1. The Labute approximate surface area is 148 Å². The summed E-state index contributed by atoms with van der Waals surface area (Å²) in [4.78, 5) is 22.0. The van der Waals surface area contributed by atoms with E-state index in [-0.39, 0.29) is 11.9 Å². The molecule has 1 aromatic heterocycles. The number of amides is 1. The second kappa shape index (κ2) is 6.51. The summed E-state index contributed by atoms with van der Waals surface area (Å²) in [5, 5.41) is 12.2. The number of carbonyl (C=O) groups is 1. The Bertz CT molecular complexity index is 675. The monoisotopic (exact) mass is 343 g/mol. The fourth-order valence-electron chi connectivity index (χ4n) is 3.69. The molecule has 2 aliphatic rings. The minimum Gasteiger partial charge on any atom is -0.444 e. The summed E-state index contributed by atoms with van der Waals surface area (Å²) in [7, 11) is 0. The first kappa shape index (κ1) is 17.5. The lowest BCUT2D eigenvalue weighted by Crippen LogP contribution is -2.53. The smallest absolute Gasteiger partial charge is 0.410 e. The van der Waals surface area contributed by atoms with Gasteiger partial charge < -0.3 is 15.0 Å². The maximum absolute atomic E-state index is 12.1. The number of rotatable bonds is 2. The van der Waals surface area contributed by atoms with E-state index in [2.05, 4.69) is 15.3 Å². The van der Waals surface area contributed by atoms with Gasteiger partial charge in [0.05, 0.1) is 0 Å². The molecule has 3 rings (SSSR count). The molecule has 2 heterocycles. The summed E-state index contributed by atoms with van der Waals surface area (Å²) >= 11 is 0. The lowest BCUT2D eigenvalue weighted by Gasteiger charge is -2.52. The number of carbonyl (C=O) groups excluding carboxylic acids is 1. The van der Waals surface area contributed by atoms with Gasteiger partial charge >= 0.3 is 6.09 Å². The molecule has 1 saturated carbocycles. The van der Waals surface area contributed by atoms with Crippen LogP contribution in [0.25, 0.3) is 0 Å². The zero-order valence-corrected chi connectivity index (χ0v) is 15.1. The first-order valence-electron chi connectivity index (χ1n) is 8.76. The maximum atomic E-state index is 12.1. The average Bonchev–Trinajstić information content (AvgIpc) is 2.52. The van der Waals surface area contributed by atoms with E-state index < -0.39 is 5.60 Å². The SMILES string of the molecule is CC(C)(C)OC(=O)N1CCC2(CC1)CC(Nc1ccnc(C#N)n1)C2. The van der Waals surface area contributed by atoms with E-state index in [0.29, 0.717) is 17.3 Å². The van der Waals surface area contributed by atoms with Crippen molar-refractivity contribution in [1.82, 2.24) is 14.9 Å². The summed E-state index contributed by atoms with van der Waals surface area (Å²) in [6, 6.07) is 4.11. The molecule has 0 atom stereocenters. The van der Waals surface area contributed by atoms with E-state index in [1.807, 2.05) is 31.7 Å². The average molecular weight is 343 g/mol. The Kier molecular flexibility index (Phi) is 4.55. The number of aromatic nitrogens is 2. The minimum absolute atomic E-state index is 0.185. The van der Waals surface area contributed by atoms with Crippen molar-refractivity contribution in [3.63, 3.8) is 0 Å². The highest BCUT2D eigenvalue weighted by molar-refractivity contribution is 5.68. The van der Waals surface area contributed by atoms with Crippen molar-refractivity contribution in [2.75, 3.05) is 18.4 Å². The van der Waals surface area contributed by atoms with Gasteiger partial charge in [-0.05, 0) is 57.9 Å². The summed E-state index contributed by atoms with van der Waals surface area (Å²) in [6.45, 7) is 7.19. The van der Waals surface area contributed by atoms with Gasteiger partial charge in [-0.3, -0.25) is 0 Å². The Morgan fingerprint density at radius 2 is 2.08 bits per heavy atom. The number of nitriles is 1. The molecule has 7 heteroatoms. The van der Waals surface area contributed by atoms with Gasteiger partial charge in [0.2, 0.25) is 5.82 Å². The predicted molar refractivity (Wildman–Crippen MR) is 92.9 cm³/mol. The van der Waals surface area contributed by atoms with Crippen molar-refractivity contribution in [2.45, 2.75) is 58.1 Å². The number of piperidine rings is 1. The van der Waals surface area contributed by atoms with Crippen molar-refractivity contribution < 1.29 is 9.53 Å². The van der Waals surface area contributed by atoms with Crippen LogP contribution in [-0.4, -0.2) is 45.7 Å². The molecule has 0 radical (unpaired) electrons. The molecule has 1 aromatic rings. The molecule has 1 spiro atoms. The summed E-state index contributed by atoms with van der Waals surface area (Å²) in [6.07, 6.45) is 5.56. The predicted octanol–water partition coefficient (Wildman–Crippen LogP) is 2.94. The standard InChI is InChI=1S/C18H25N5O2/c1-17(2,3)25-16(24)23-8-5-18(6-9-23)10-13(11-18)21-14-4-7-20-15(12-19)22-14/h4,7,13H,5-6,8-11H2,1-3H3,(H,20,21,22). The molecule has 7 nitrogen and oxygen atoms in total. The van der Waals surface area contributed by atoms with Crippen LogP contribution >= 0.6 is 0 Å². The normalized spacial score (nSPS) is 19.8. The molecular weight excluding hydrogens is 318 g/mol. The van der Waals surface area contributed by atoms with E-state index in [1.54, 1.807) is 12.3 Å². The Morgan fingerprint density at radius 3 is 2.68 bits per heavy atom. The van der Waals surface area contributed by atoms with Gasteiger partial charge in [0, 0.05) is 25.3 Å². The highest BCUT2D eigenvalue weighted by Crippen LogP contribution is 2.50. The lowest BCUT2D eigenvalue weighted by atomic mass is 9.60. The van der Waals surface area contributed by atoms with Gasteiger partial charge in [-0.15, -0.1) is 0 Å². The second-order valence-electron chi connectivity index (χ2n) is 8.09. The van der Waals surface area contributed by atoms with Crippen LogP contribution < -0.4 is 5.32 Å². The van der Waals surface area contributed by atoms with Gasteiger partial charge in [-0.25, -0.2) is 14.8 Å². The van der Waals surface area contributed by atoms with Crippen molar-refractivity contribution in [1.29, 1.82) is 5.26 Å². The van der Waals surface area contributed by atoms with Crippen LogP contribution in [0.1, 0.15) is 52.3 Å². The van der Waals surface area contributed by atoms with Crippen LogP contribution in [0.4, 0.5) is 10.6 Å². The molecule has 2 fully saturated rings. The molecule has 1 aliphatic heterocycles. The highest BCUT2D eigenvalue weighted by Gasteiger charge is 2.46. The number of hydrogen-bond donors (Lipinski definition) is 1. The Hall–Kier alpha value is -2.36. The molecule has 0 unspecified atom stereocenters. The quantitative estimate of drug-likeness (QED) is 0.888. The van der Waals surface area contributed by atoms with E-state index in [4.69, 9.17) is 10.00 Å². The fourth-order valence-corrected chi connectivity index (χ4v) is 3.69. The van der Waals surface area contributed by atoms with Gasteiger partial charge in [0.25, 0.3) is 0 Å². The molecule has 134 valence electrons.